The molecule has 0 spiro atoms. The fourth-order valence-corrected chi connectivity index (χ4v) is 2.95. The van der Waals surface area contributed by atoms with E-state index in [9.17, 15) is 19.5 Å². The summed E-state index contributed by atoms with van der Waals surface area (Å²) in [5, 5.41) is 17.8. The maximum atomic E-state index is 12.4. The lowest BCUT2D eigenvalue weighted by molar-refractivity contribution is -0.149. The first-order valence-corrected chi connectivity index (χ1v) is 10.5. The van der Waals surface area contributed by atoms with Gasteiger partial charge in [-0.15, -0.1) is 0 Å². The maximum Gasteiger partial charge on any atom is 0.309 e. The van der Waals surface area contributed by atoms with Crippen molar-refractivity contribution in [2.45, 2.75) is 60.0 Å². The summed E-state index contributed by atoms with van der Waals surface area (Å²) < 4.78 is 10.9. The van der Waals surface area contributed by atoms with Gasteiger partial charge in [0.1, 0.15) is 6.61 Å². The van der Waals surface area contributed by atoms with Gasteiger partial charge in [-0.2, -0.15) is 0 Å². The fourth-order valence-electron chi connectivity index (χ4n) is 2.95. The van der Waals surface area contributed by atoms with Crippen LogP contribution in [0.3, 0.4) is 0 Å². The van der Waals surface area contributed by atoms with Crippen LogP contribution in [0.15, 0.2) is 0 Å². The molecule has 9 heteroatoms. The van der Waals surface area contributed by atoms with Gasteiger partial charge < -0.3 is 30.5 Å². The predicted molar refractivity (Wildman–Crippen MR) is 115 cm³/mol. The van der Waals surface area contributed by atoms with Crippen LogP contribution < -0.4 is 16.0 Å². The molecular formula is C21H41N3O6. The molecule has 176 valence electrons. The van der Waals surface area contributed by atoms with Crippen LogP contribution in [-0.4, -0.2) is 75.5 Å². The topological polar surface area (TPSA) is 126 Å². The molecule has 0 saturated carbocycles. The first kappa shape index (κ1) is 28.3. The molecule has 2 amide bonds. The Kier molecular flexibility index (Phi) is 13.5. The molecular weight excluding hydrogens is 390 g/mol. The van der Waals surface area contributed by atoms with Gasteiger partial charge in [0.05, 0.1) is 18.1 Å². The number of nitrogens with one attached hydrogen (secondary N) is 3. The number of carboxylic acid groups (broad SMARTS) is 1. The highest BCUT2D eigenvalue weighted by molar-refractivity contribution is 5.83. The summed E-state index contributed by atoms with van der Waals surface area (Å²) >= 11 is 0. The van der Waals surface area contributed by atoms with Crippen LogP contribution in [0, 0.1) is 10.8 Å². The first-order valence-electron chi connectivity index (χ1n) is 10.5. The van der Waals surface area contributed by atoms with Crippen LogP contribution >= 0.6 is 0 Å². The van der Waals surface area contributed by atoms with Crippen molar-refractivity contribution in [2.75, 3.05) is 46.5 Å². The smallest absolute Gasteiger partial charge is 0.309 e. The Morgan fingerprint density at radius 3 is 2.23 bits per heavy atom. The zero-order chi connectivity index (χ0) is 23.2. The number of likely N-dealkylation sites (N-methyl/N-ethyl adjacent to an activating group) is 1. The van der Waals surface area contributed by atoms with E-state index >= 15 is 0 Å². The molecule has 0 aromatic heterocycles. The Bertz CT molecular complexity index is 537. The summed E-state index contributed by atoms with van der Waals surface area (Å²) in [6.07, 6.45) is 1.58. The van der Waals surface area contributed by atoms with Gasteiger partial charge in [0.25, 0.3) is 0 Å². The van der Waals surface area contributed by atoms with Crippen molar-refractivity contribution in [1.29, 1.82) is 0 Å². The molecule has 0 aliphatic heterocycles. The largest absolute Gasteiger partial charge is 0.481 e. The van der Waals surface area contributed by atoms with Crippen molar-refractivity contribution in [2.24, 2.45) is 10.8 Å². The Balaban J connectivity index is 3.90. The quantitative estimate of drug-likeness (QED) is 0.255. The fraction of sp³-hybridized carbons (Fsp3) is 0.857. The molecule has 0 saturated heterocycles. The molecule has 0 fully saturated rings. The first-order chi connectivity index (χ1) is 13.9. The molecule has 1 atom stereocenters. The lowest BCUT2D eigenvalue weighted by Crippen LogP contribution is -2.42. The van der Waals surface area contributed by atoms with Gasteiger partial charge in [-0.05, 0) is 47.1 Å². The number of aliphatic carboxylic acids is 1. The monoisotopic (exact) mass is 431 g/mol. The van der Waals surface area contributed by atoms with E-state index in [0.29, 0.717) is 45.7 Å². The van der Waals surface area contributed by atoms with Crippen molar-refractivity contribution >= 4 is 17.8 Å². The Morgan fingerprint density at radius 1 is 0.967 bits per heavy atom. The summed E-state index contributed by atoms with van der Waals surface area (Å²) in [5.41, 5.74) is -1.74. The number of rotatable bonds is 17. The Hall–Kier alpha value is -1.71. The highest BCUT2D eigenvalue weighted by atomic mass is 16.5. The van der Waals surface area contributed by atoms with Crippen molar-refractivity contribution in [3.05, 3.63) is 0 Å². The number of carboxylic acids is 1. The molecule has 4 N–H and O–H groups in total. The van der Waals surface area contributed by atoms with Gasteiger partial charge in [0.2, 0.25) is 11.8 Å². The van der Waals surface area contributed by atoms with Crippen LogP contribution in [0.1, 0.15) is 53.9 Å². The average Bonchev–Trinajstić information content (AvgIpc) is 2.63. The van der Waals surface area contributed by atoms with Crippen molar-refractivity contribution < 1.29 is 29.0 Å². The van der Waals surface area contributed by atoms with Gasteiger partial charge >= 0.3 is 5.97 Å². The summed E-state index contributed by atoms with van der Waals surface area (Å²) in [4.78, 5) is 35.3. The lowest BCUT2D eigenvalue weighted by Gasteiger charge is -2.31. The highest BCUT2D eigenvalue weighted by Gasteiger charge is 2.38. The second kappa shape index (κ2) is 14.3. The molecule has 0 heterocycles. The van der Waals surface area contributed by atoms with E-state index in [-0.39, 0.29) is 30.9 Å². The zero-order valence-corrected chi connectivity index (χ0v) is 19.4. The van der Waals surface area contributed by atoms with Crippen molar-refractivity contribution in [3.63, 3.8) is 0 Å². The van der Waals surface area contributed by atoms with E-state index in [1.807, 2.05) is 14.0 Å². The molecule has 30 heavy (non-hydrogen) atoms. The zero-order valence-electron chi connectivity index (χ0n) is 19.4. The molecule has 0 aromatic carbocycles. The van der Waals surface area contributed by atoms with E-state index in [1.165, 1.54) is 0 Å². The van der Waals surface area contributed by atoms with Crippen LogP contribution in [0.25, 0.3) is 0 Å². The molecule has 0 rings (SSSR count). The molecule has 0 aliphatic carbocycles. The van der Waals surface area contributed by atoms with Gasteiger partial charge in [-0.25, -0.2) is 0 Å². The van der Waals surface area contributed by atoms with Crippen molar-refractivity contribution in [1.82, 2.24) is 16.0 Å². The van der Waals surface area contributed by atoms with E-state index in [2.05, 4.69) is 16.0 Å². The standard InChI is InChI=1S/C21H41N3O6/c1-16(8-10-23-17(25)14-29-13-11-22-6)30-12-7-9-24-18(26)20(2,3)15-21(4,5)19(27)28/h16,22H,7-15H2,1-6H3,(H,23,25)(H,24,26)(H,27,28). The summed E-state index contributed by atoms with van der Waals surface area (Å²) in [5.74, 6) is -1.22. The molecule has 0 aromatic rings. The third-order valence-corrected chi connectivity index (χ3v) is 4.69. The third kappa shape index (κ3) is 12.8. The van der Waals surface area contributed by atoms with Gasteiger partial charge in [0, 0.05) is 31.7 Å². The van der Waals surface area contributed by atoms with E-state index in [0.717, 1.165) is 0 Å². The normalized spacial score (nSPS) is 13.0. The van der Waals surface area contributed by atoms with E-state index in [1.54, 1.807) is 27.7 Å². The van der Waals surface area contributed by atoms with E-state index < -0.39 is 16.8 Å². The minimum absolute atomic E-state index is 0.0148. The molecule has 9 nitrogen and oxygen atoms in total. The summed E-state index contributed by atoms with van der Waals surface area (Å²) in [6.45, 7) is 11.4. The van der Waals surface area contributed by atoms with Gasteiger partial charge in [-0.3, -0.25) is 14.4 Å². The SMILES string of the molecule is CNCCOCC(=O)NCCC(C)OCCCNC(=O)C(C)(C)CC(C)(C)C(=O)O. The van der Waals surface area contributed by atoms with Crippen LogP contribution in [0.4, 0.5) is 0 Å². The number of hydrogen-bond acceptors (Lipinski definition) is 6. The number of carbonyl (C=O) groups is 3. The minimum atomic E-state index is -0.965. The molecule has 0 radical (unpaired) electrons. The van der Waals surface area contributed by atoms with Crippen molar-refractivity contribution in [3.8, 4) is 0 Å². The predicted octanol–water partition coefficient (Wildman–Crippen LogP) is 1.17. The van der Waals surface area contributed by atoms with Crippen LogP contribution in [0.2, 0.25) is 0 Å². The highest BCUT2D eigenvalue weighted by Crippen LogP contribution is 2.34. The Morgan fingerprint density at radius 2 is 1.63 bits per heavy atom. The number of carbonyl (C=O) groups excluding carboxylic acids is 2. The van der Waals surface area contributed by atoms with Crippen LogP contribution in [-0.2, 0) is 23.9 Å². The molecule has 0 bridgehead atoms. The Labute approximate surface area is 180 Å². The third-order valence-electron chi connectivity index (χ3n) is 4.69. The maximum absolute atomic E-state index is 12.4. The number of ether oxygens (including phenoxy) is 2. The molecule has 0 aliphatic rings. The van der Waals surface area contributed by atoms with E-state index in [4.69, 9.17) is 9.47 Å². The number of hydrogen-bond donors (Lipinski definition) is 4. The molecule has 1 unspecified atom stereocenters. The second-order valence-corrected chi connectivity index (χ2v) is 8.84. The summed E-state index contributed by atoms with van der Waals surface area (Å²) in [6, 6.07) is 0. The average molecular weight is 432 g/mol. The number of amides is 2. The summed E-state index contributed by atoms with van der Waals surface area (Å²) in [7, 11) is 1.82. The van der Waals surface area contributed by atoms with Gasteiger partial charge in [0.15, 0.2) is 0 Å². The lowest BCUT2D eigenvalue weighted by atomic mass is 9.74. The van der Waals surface area contributed by atoms with Gasteiger partial charge in [-0.1, -0.05) is 13.8 Å². The second-order valence-electron chi connectivity index (χ2n) is 8.84. The van der Waals surface area contributed by atoms with Crippen LogP contribution in [0.5, 0.6) is 0 Å². The minimum Gasteiger partial charge on any atom is -0.481 e.